The molecule has 1 aliphatic heterocycles. The first kappa shape index (κ1) is 17.0. The molecule has 1 heterocycles. The van der Waals surface area contributed by atoms with Crippen molar-refractivity contribution < 1.29 is 9.84 Å². The molecule has 0 amide bonds. The Morgan fingerprint density at radius 2 is 1.32 bits per heavy atom. The number of rotatable bonds is 1. The van der Waals surface area contributed by atoms with Gasteiger partial charge in [0.1, 0.15) is 0 Å². The lowest BCUT2D eigenvalue weighted by Gasteiger charge is -2.36. The zero-order valence-corrected chi connectivity index (χ0v) is 14.4. The Kier molecular flexibility index (Phi) is 4.50. The lowest BCUT2D eigenvalue weighted by Crippen LogP contribution is -2.41. The molecule has 0 aromatic rings. The molecule has 114 valence electrons. The molecule has 1 rings (SSSR count). The minimum absolute atomic E-state index is 0.0183. The molecule has 1 saturated heterocycles. The summed E-state index contributed by atoms with van der Waals surface area (Å²) in [6, 6.07) is 0. The first-order chi connectivity index (χ1) is 8.23. The average molecular weight is 270 g/mol. The monoisotopic (exact) mass is 270 g/mol. The second-order valence-corrected chi connectivity index (χ2v) is 9.61. The van der Waals surface area contributed by atoms with Crippen LogP contribution >= 0.6 is 0 Å². The standard InChI is InChI=1S/C17H34O2/c1-15(2,3)10-11-12(16(4,5)6)13(18)14(19-11)17(7,8)9/h11-14,18H,10H2,1-9H3/t11-,12?,13-,14-/m1/s1. The zero-order valence-electron chi connectivity index (χ0n) is 14.4. The van der Waals surface area contributed by atoms with Gasteiger partial charge in [-0.25, -0.2) is 0 Å². The number of hydrogen-bond acceptors (Lipinski definition) is 2. The maximum atomic E-state index is 10.8. The molecule has 0 aromatic carbocycles. The van der Waals surface area contributed by atoms with Gasteiger partial charge < -0.3 is 9.84 Å². The predicted octanol–water partition coefficient (Wildman–Crippen LogP) is 4.26. The molecular formula is C17H34O2. The van der Waals surface area contributed by atoms with Gasteiger partial charge in [0.15, 0.2) is 0 Å². The van der Waals surface area contributed by atoms with E-state index in [2.05, 4.69) is 62.3 Å². The highest BCUT2D eigenvalue weighted by Gasteiger charge is 2.52. The molecule has 0 radical (unpaired) electrons. The quantitative estimate of drug-likeness (QED) is 0.771. The lowest BCUT2D eigenvalue weighted by atomic mass is 9.69. The van der Waals surface area contributed by atoms with Crippen LogP contribution in [0, 0.1) is 22.2 Å². The van der Waals surface area contributed by atoms with E-state index in [1.807, 2.05) is 0 Å². The van der Waals surface area contributed by atoms with Gasteiger partial charge in [0.2, 0.25) is 0 Å². The molecule has 2 nitrogen and oxygen atoms in total. The molecular weight excluding hydrogens is 236 g/mol. The normalized spacial score (nSPS) is 33.8. The molecule has 0 aromatic heterocycles. The molecule has 1 fully saturated rings. The second-order valence-electron chi connectivity index (χ2n) is 9.61. The number of hydrogen-bond donors (Lipinski definition) is 1. The van der Waals surface area contributed by atoms with Crippen molar-refractivity contribution >= 4 is 0 Å². The summed E-state index contributed by atoms with van der Waals surface area (Å²) < 4.78 is 6.30. The van der Waals surface area contributed by atoms with Crippen molar-refractivity contribution in [2.24, 2.45) is 22.2 Å². The van der Waals surface area contributed by atoms with Crippen molar-refractivity contribution in [1.29, 1.82) is 0 Å². The van der Waals surface area contributed by atoms with Crippen molar-refractivity contribution in [3.8, 4) is 0 Å². The Labute approximate surface area is 119 Å². The minimum atomic E-state index is -0.368. The van der Waals surface area contributed by atoms with Crippen LogP contribution in [0.4, 0.5) is 0 Å². The van der Waals surface area contributed by atoms with E-state index < -0.39 is 0 Å². The van der Waals surface area contributed by atoms with Crippen molar-refractivity contribution in [2.45, 2.75) is 87.0 Å². The summed E-state index contributed by atoms with van der Waals surface area (Å²) in [6.45, 7) is 19.8. The van der Waals surface area contributed by atoms with Gasteiger partial charge in [0, 0.05) is 5.92 Å². The van der Waals surface area contributed by atoms with Crippen LogP contribution < -0.4 is 0 Å². The molecule has 0 saturated carbocycles. The van der Waals surface area contributed by atoms with Crippen molar-refractivity contribution in [2.75, 3.05) is 0 Å². The van der Waals surface area contributed by atoms with Crippen LogP contribution in [-0.4, -0.2) is 23.4 Å². The fourth-order valence-corrected chi connectivity index (χ4v) is 3.33. The van der Waals surface area contributed by atoms with Crippen molar-refractivity contribution in [3.05, 3.63) is 0 Å². The van der Waals surface area contributed by atoms with Crippen LogP contribution in [-0.2, 0) is 4.74 Å². The Bertz CT molecular complexity index is 301. The lowest BCUT2D eigenvalue weighted by molar-refractivity contribution is -0.0597. The van der Waals surface area contributed by atoms with Gasteiger partial charge in [0.05, 0.1) is 18.3 Å². The number of aliphatic hydroxyl groups is 1. The molecule has 0 spiro atoms. The third-order valence-corrected chi connectivity index (χ3v) is 4.07. The summed E-state index contributed by atoms with van der Waals surface area (Å²) in [4.78, 5) is 0. The Hall–Kier alpha value is -0.0800. The van der Waals surface area contributed by atoms with Crippen molar-refractivity contribution in [1.82, 2.24) is 0 Å². The summed E-state index contributed by atoms with van der Waals surface area (Å²) in [6.07, 6.45) is 0.717. The molecule has 1 unspecified atom stereocenters. The van der Waals surface area contributed by atoms with Gasteiger partial charge >= 0.3 is 0 Å². The first-order valence-corrected chi connectivity index (χ1v) is 7.57. The van der Waals surface area contributed by atoms with E-state index >= 15 is 0 Å². The number of aliphatic hydroxyl groups excluding tert-OH is 1. The van der Waals surface area contributed by atoms with Crippen LogP contribution in [0.25, 0.3) is 0 Å². The molecule has 0 bridgehead atoms. The third kappa shape index (κ3) is 4.19. The fourth-order valence-electron chi connectivity index (χ4n) is 3.33. The molecule has 19 heavy (non-hydrogen) atoms. The van der Waals surface area contributed by atoms with E-state index in [1.165, 1.54) is 0 Å². The summed E-state index contributed by atoms with van der Waals surface area (Å²) in [5.74, 6) is 0.205. The average Bonchev–Trinajstić information content (AvgIpc) is 2.36. The maximum absolute atomic E-state index is 10.8. The predicted molar refractivity (Wildman–Crippen MR) is 81.1 cm³/mol. The highest BCUT2D eigenvalue weighted by molar-refractivity contribution is 5.00. The summed E-state index contributed by atoms with van der Waals surface area (Å²) in [7, 11) is 0. The first-order valence-electron chi connectivity index (χ1n) is 7.57. The fraction of sp³-hybridized carbons (Fsp3) is 1.00. The minimum Gasteiger partial charge on any atom is -0.390 e. The van der Waals surface area contributed by atoms with Crippen molar-refractivity contribution in [3.63, 3.8) is 0 Å². The summed E-state index contributed by atoms with van der Waals surface area (Å²) in [5.41, 5.74) is 0.269. The van der Waals surface area contributed by atoms with Crippen LogP contribution in [0.1, 0.15) is 68.7 Å². The maximum Gasteiger partial charge on any atom is 0.0889 e. The molecule has 1 N–H and O–H groups in total. The Balaban J connectivity index is 3.02. The van der Waals surface area contributed by atoms with E-state index in [0.717, 1.165) is 6.42 Å². The SMILES string of the molecule is CC(C)(C)C[C@H]1O[C@@H](C(C)(C)C)[C@H](O)C1C(C)(C)C. The summed E-state index contributed by atoms with van der Waals surface area (Å²) in [5, 5.41) is 10.8. The zero-order chi connectivity index (χ0) is 15.2. The topological polar surface area (TPSA) is 29.5 Å². The molecule has 4 atom stereocenters. The number of ether oxygens (including phenoxy) is 1. The van der Waals surface area contributed by atoms with Gasteiger partial charge in [-0.2, -0.15) is 0 Å². The Morgan fingerprint density at radius 3 is 1.63 bits per heavy atom. The highest BCUT2D eigenvalue weighted by Crippen LogP contribution is 2.47. The Morgan fingerprint density at radius 1 is 0.842 bits per heavy atom. The van der Waals surface area contributed by atoms with E-state index in [4.69, 9.17) is 4.74 Å². The third-order valence-electron chi connectivity index (χ3n) is 4.07. The molecule has 1 aliphatic rings. The molecule has 0 aliphatic carbocycles. The van der Waals surface area contributed by atoms with E-state index in [1.54, 1.807) is 0 Å². The highest BCUT2D eigenvalue weighted by atomic mass is 16.5. The van der Waals surface area contributed by atoms with Gasteiger partial charge in [-0.05, 0) is 22.7 Å². The molecule has 2 heteroatoms. The second kappa shape index (κ2) is 5.04. The van der Waals surface area contributed by atoms with Gasteiger partial charge in [-0.1, -0.05) is 62.3 Å². The van der Waals surface area contributed by atoms with Crippen LogP contribution in [0.3, 0.4) is 0 Å². The van der Waals surface area contributed by atoms with Crippen LogP contribution in [0.2, 0.25) is 0 Å². The van der Waals surface area contributed by atoms with Gasteiger partial charge in [-0.15, -0.1) is 0 Å². The summed E-state index contributed by atoms with van der Waals surface area (Å²) >= 11 is 0. The van der Waals surface area contributed by atoms with Crippen LogP contribution in [0.15, 0.2) is 0 Å². The van der Waals surface area contributed by atoms with E-state index in [0.29, 0.717) is 0 Å². The smallest absolute Gasteiger partial charge is 0.0889 e. The van der Waals surface area contributed by atoms with E-state index in [9.17, 15) is 5.11 Å². The van der Waals surface area contributed by atoms with Crippen LogP contribution in [0.5, 0.6) is 0 Å². The largest absolute Gasteiger partial charge is 0.390 e. The van der Waals surface area contributed by atoms with Gasteiger partial charge in [-0.3, -0.25) is 0 Å². The van der Waals surface area contributed by atoms with E-state index in [-0.39, 0.29) is 40.5 Å². The van der Waals surface area contributed by atoms with Gasteiger partial charge in [0.25, 0.3) is 0 Å².